The number of unbranched alkanes of at least 4 members (excludes halogenated alkanes) is 14. The molecule has 0 aromatic heterocycles. The van der Waals surface area contributed by atoms with Crippen molar-refractivity contribution < 1.29 is 0 Å². The van der Waals surface area contributed by atoms with E-state index in [1.807, 2.05) is 0 Å². The summed E-state index contributed by atoms with van der Waals surface area (Å²) in [5, 5.41) is 0. The van der Waals surface area contributed by atoms with Gasteiger partial charge in [0.05, 0.1) is 0 Å². The molecule has 0 unspecified atom stereocenters. The fourth-order valence-electron chi connectivity index (χ4n) is 4.58. The number of nitrogens with zero attached hydrogens (tertiary/aromatic N) is 1. The van der Waals surface area contributed by atoms with Crippen molar-refractivity contribution in [3.63, 3.8) is 0 Å². The molecule has 0 aliphatic rings. The molecule has 0 heterocycles. The molecular formula is C29H53N. The standard InChI is InChI=1S/C29H53N/c1-3-26-30(27-4-2)28-22-17-15-13-11-9-7-5-6-8-10-12-14-16-19-23-29-24-20-18-21-25-29/h18,20-21,24-25H,3-17,19,22-23,26-28H2,1-2H3. The summed E-state index contributed by atoms with van der Waals surface area (Å²) < 4.78 is 0. The van der Waals surface area contributed by atoms with Crippen LogP contribution in [0, 0.1) is 0 Å². The number of benzene rings is 1. The summed E-state index contributed by atoms with van der Waals surface area (Å²) in [6.45, 7) is 8.52. The lowest BCUT2D eigenvalue weighted by molar-refractivity contribution is 0.267. The van der Waals surface area contributed by atoms with Gasteiger partial charge in [0.25, 0.3) is 0 Å². The lowest BCUT2D eigenvalue weighted by Gasteiger charge is -2.20. The van der Waals surface area contributed by atoms with E-state index < -0.39 is 0 Å². The quantitative estimate of drug-likeness (QED) is 0.171. The summed E-state index contributed by atoms with van der Waals surface area (Å²) in [6, 6.07) is 10.9. The monoisotopic (exact) mass is 415 g/mol. The first-order valence-corrected chi connectivity index (χ1v) is 13.6. The average Bonchev–Trinajstić information content (AvgIpc) is 2.77. The molecule has 1 nitrogen and oxygen atoms in total. The predicted molar refractivity (Wildman–Crippen MR) is 136 cm³/mol. The van der Waals surface area contributed by atoms with E-state index in [1.54, 1.807) is 0 Å². The van der Waals surface area contributed by atoms with E-state index in [9.17, 15) is 0 Å². The highest BCUT2D eigenvalue weighted by molar-refractivity contribution is 5.14. The van der Waals surface area contributed by atoms with Gasteiger partial charge >= 0.3 is 0 Å². The summed E-state index contributed by atoms with van der Waals surface area (Å²) in [5.41, 5.74) is 1.50. The lowest BCUT2D eigenvalue weighted by Crippen LogP contribution is -2.26. The van der Waals surface area contributed by atoms with Gasteiger partial charge in [0.15, 0.2) is 0 Å². The van der Waals surface area contributed by atoms with Crippen molar-refractivity contribution in [2.24, 2.45) is 0 Å². The third-order valence-electron chi connectivity index (χ3n) is 6.36. The molecule has 1 heteroatoms. The van der Waals surface area contributed by atoms with Gasteiger partial charge in [-0.25, -0.2) is 0 Å². The van der Waals surface area contributed by atoms with Crippen LogP contribution in [0.15, 0.2) is 30.3 Å². The largest absolute Gasteiger partial charge is 0.303 e. The van der Waals surface area contributed by atoms with Crippen LogP contribution in [0.4, 0.5) is 0 Å². The summed E-state index contributed by atoms with van der Waals surface area (Å²) in [4.78, 5) is 2.66. The van der Waals surface area contributed by atoms with Gasteiger partial charge in [-0.05, 0) is 57.3 Å². The van der Waals surface area contributed by atoms with Gasteiger partial charge in [0, 0.05) is 0 Å². The lowest BCUT2D eigenvalue weighted by atomic mass is 10.0. The Morgan fingerprint density at radius 1 is 0.467 bits per heavy atom. The minimum absolute atomic E-state index is 1.26. The highest BCUT2D eigenvalue weighted by Crippen LogP contribution is 2.14. The fraction of sp³-hybridized carbons (Fsp3) is 0.793. The summed E-state index contributed by atoms with van der Waals surface area (Å²) in [7, 11) is 0. The normalized spacial score (nSPS) is 11.4. The molecule has 0 aliphatic carbocycles. The number of rotatable bonds is 22. The van der Waals surface area contributed by atoms with E-state index in [-0.39, 0.29) is 0 Å². The Labute approximate surface area is 190 Å². The molecule has 0 atom stereocenters. The second kappa shape index (κ2) is 21.4. The summed E-state index contributed by atoms with van der Waals surface area (Å²) >= 11 is 0. The minimum Gasteiger partial charge on any atom is -0.303 e. The molecule has 0 radical (unpaired) electrons. The highest BCUT2D eigenvalue weighted by Gasteiger charge is 2.01. The summed E-state index contributed by atoms with van der Waals surface area (Å²) in [6.07, 6.45) is 25.5. The van der Waals surface area contributed by atoms with E-state index in [0.717, 1.165) is 0 Å². The van der Waals surface area contributed by atoms with E-state index in [2.05, 4.69) is 49.1 Å². The van der Waals surface area contributed by atoms with Gasteiger partial charge in [-0.1, -0.05) is 128 Å². The van der Waals surface area contributed by atoms with Crippen LogP contribution in [0.5, 0.6) is 0 Å². The maximum absolute atomic E-state index is 2.66. The molecule has 0 saturated carbocycles. The van der Waals surface area contributed by atoms with Gasteiger partial charge in [-0.3, -0.25) is 0 Å². The molecule has 0 saturated heterocycles. The van der Waals surface area contributed by atoms with Gasteiger partial charge in [0.2, 0.25) is 0 Å². The SMILES string of the molecule is CCCN(CCC)CCCCCCCCCCCCCCCCCc1ccccc1. The first-order chi connectivity index (χ1) is 14.9. The Bertz CT molecular complexity index is 435. The van der Waals surface area contributed by atoms with Crippen molar-refractivity contribution in [2.45, 2.75) is 129 Å². The predicted octanol–water partition coefficient (Wildman–Crippen LogP) is 9.20. The zero-order valence-electron chi connectivity index (χ0n) is 20.7. The van der Waals surface area contributed by atoms with Crippen LogP contribution in [-0.4, -0.2) is 24.5 Å². The molecule has 30 heavy (non-hydrogen) atoms. The average molecular weight is 416 g/mol. The molecule has 0 spiro atoms. The number of hydrogen-bond acceptors (Lipinski definition) is 1. The van der Waals surface area contributed by atoms with Crippen LogP contribution in [0.2, 0.25) is 0 Å². The van der Waals surface area contributed by atoms with Crippen molar-refractivity contribution in [2.75, 3.05) is 19.6 Å². The molecule has 174 valence electrons. The molecule has 0 bridgehead atoms. The second-order valence-corrected chi connectivity index (χ2v) is 9.38. The Balaban J connectivity index is 1.73. The third-order valence-corrected chi connectivity index (χ3v) is 6.36. The minimum atomic E-state index is 1.26. The molecule has 1 aromatic carbocycles. The summed E-state index contributed by atoms with van der Waals surface area (Å²) in [5.74, 6) is 0. The molecule has 0 N–H and O–H groups in total. The van der Waals surface area contributed by atoms with Crippen LogP contribution in [0.1, 0.15) is 129 Å². The number of hydrogen-bond donors (Lipinski definition) is 0. The van der Waals surface area contributed by atoms with Crippen molar-refractivity contribution in [1.29, 1.82) is 0 Å². The van der Waals surface area contributed by atoms with E-state index in [4.69, 9.17) is 0 Å². The maximum atomic E-state index is 2.66. The van der Waals surface area contributed by atoms with Crippen LogP contribution in [0.3, 0.4) is 0 Å². The van der Waals surface area contributed by atoms with Gasteiger partial charge in [-0.15, -0.1) is 0 Å². The van der Waals surface area contributed by atoms with Crippen molar-refractivity contribution >= 4 is 0 Å². The van der Waals surface area contributed by atoms with Crippen molar-refractivity contribution in [3.05, 3.63) is 35.9 Å². The van der Waals surface area contributed by atoms with Crippen LogP contribution in [0.25, 0.3) is 0 Å². The van der Waals surface area contributed by atoms with E-state index in [1.165, 1.54) is 141 Å². The maximum Gasteiger partial charge on any atom is -0.00187 e. The molecule has 0 amide bonds. The van der Waals surface area contributed by atoms with Gasteiger partial charge in [-0.2, -0.15) is 0 Å². The molecule has 0 aliphatic heterocycles. The Hall–Kier alpha value is -0.820. The van der Waals surface area contributed by atoms with Crippen LogP contribution in [-0.2, 0) is 6.42 Å². The van der Waals surface area contributed by atoms with E-state index in [0.29, 0.717) is 0 Å². The molecule has 0 fully saturated rings. The first-order valence-electron chi connectivity index (χ1n) is 13.6. The van der Waals surface area contributed by atoms with Crippen LogP contribution >= 0.6 is 0 Å². The smallest absolute Gasteiger partial charge is 0.00187 e. The molecular weight excluding hydrogens is 362 g/mol. The van der Waals surface area contributed by atoms with Crippen molar-refractivity contribution in [3.8, 4) is 0 Å². The molecule has 1 aromatic rings. The van der Waals surface area contributed by atoms with Crippen LogP contribution < -0.4 is 0 Å². The highest BCUT2D eigenvalue weighted by atomic mass is 15.1. The third kappa shape index (κ3) is 16.9. The number of aryl methyl sites for hydroxylation is 1. The zero-order chi connectivity index (χ0) is 21.5. The zero-order valence-corrected chi connectivity index (χ0v) is 20.7. The topological polar surface area (TPSA) is 3.24 Å². The van der Waals surface area contributed by atoms with Crippen molar-refractivity contribution in [1.82, 2.24) is 4.90 Å². The Kier molecular flexibility index (Phi) is 19.4. The molecule has 1 rings (SSSR count). The fourth-order valence-corrected chi connectivity index (χ4v) is 4.58. The van der Waals surface area contributed by atoms with Gasteiger partial charge in [0.1, 0.15) is 0 Å². The Morgan fingerprint density at radius 2 is 0.867 bits per heavy atom. The Morgan fingerprint density at radius 3 is 1.30 bits per heavy atom. The first kappa shape index (κ1) is 27.2. The van der Waals surface area contributed by atoms with E-state index >= 15 is 0 Å². The van der Waals surface area contributed by atoms with Gasteiger partial charge < -0.3 is 4.90 Å². The second-order valence-electron chi connectivity index (χ2n) is 9.38.